The third-order valence-electron chi connectivity index (χ3n) is 2.76. The van der Waals surface area contributed by atoms with Crippen molar-refractivity contribution in [1.29, 1.82) is 0 Å². The molecule has 0 saturated heterocycles. The first-order valence-corrected chi connectivity index (χ1v) is 6.55. The lowest BCUT2D eigenvalue weighted by atomic mass is 10.1. The number of rotatable bonds is 5. The molecule has 0 fully saturated rings. The van der Waals surface area contributed by atoms with Crippen LogP contribution in [0.3, 0.4) is 0 Å². The summed E-state index contributed by atoms with van der Waals surface area (Å²) in [6.07, 6.45) is 0.947. The molecule has 21 heavy (non-hydrogen) atoms. The fraction of sp³-hybridized carbons (Fsp3) is 0.357. The van der Waals surface area contributed by atoms with E-state index in [1.54, 1.807) is 14.0 Å². The number of aliphatic imine (C=N–C) groups is 1. The van der Waals surface area contributed by atoms with Crippen LogP contribution in [0.1, 0.15) is 17.3 Å². The topological polar surface area (TPSA) is 75.3 Å². The van der Waals surface area contributed by atoms with Crippen molar-refractivity contribution in [3.8, 4) is 0 Å². The quantitative estimate of drug-likeness (QED) is 0.455. The van der Waals surface area contributed by atoms with Crippen LogP contribution in [0.25, 0.3) is 0 Å². The van der Waals surface area contributed by atoms with Crippen LogP contribution in [0.2, 0.25) is 0 Å². The Morgan fingerprint density at radius 1 is 1.24 bits per heavy atom. The molecule has 0 atom stereocenters. The second-order valence-corrected chi connectivity index (χ2v) is 4.32. The van der Waals surface area contributed by atoms with Crippen LogP contribution in [0.15, 0.2) is 39.8 Å². The van der Waals surface area contributed by atoms with E-state index >= 15 is 0 Å². The molecule has 0 amide bonds. The summed E-state index contributed by atoms with van der Waals surface area (Å²) in [4.78, 5) is 8.27. The number of aromatic nitrogens is 2. The van der Waals surface area contributed by atoms with Crippen LogP contribution in [0, 0.1) is 6.92 Å². The maximum Gasteiger partial charge on any atom is 0.223 e. The summed E-state index contributed by atoms with van der Waals surface area (Å²) in [5.74, 6) is 1.91. The van der Waals surface area contributed by atoms with E-state index < -0.39 is 0 Å². The lowest BCUT2D eigenvalue weighted by molar-refractivity contribution is 0.387. The van der Waals surface area contributed by atoms with Crippen LogP contribution in [0.5, 0.6) is 0 Å². The first-order valence-electron chi connectivity index (χ1n) is 6.55. The molecular formula is C14H20IN5O. The molecule has 0 saturated carbocycles. The predicted molar refractivity (Wildman–Crippen MR) is 92.8 cm³/mol. The van der Waals surface area contributed by atoms with Gasteiger partial charge in [-0.1, -0.05) is 35.5 Å². The minimum atomic E-state index is 0. The van der Waals surface area contributed by atoms with Gasteiger partial charge in [-0.15, -0.1) is 24.0 Å². The van der Waals surface area contributed by atoms with E-state index in [-0.39, 0.29) is 24.0 Å². The van der Waals surface area contributed by atoms with Crippen molar-refractivity contribution in [2.75, 3.05) is 13.6 Å². The van der Waals surface area contributed by atoms with E-state index in [0.29, 0.717) is 18.3 Å². The summed E-state index contributed by atoms with van der Waals surface area (Å²) in [6, 6.07) is 10.3. The highest BCUT2D eigenvalue weighted by molar-refractivity contribution is 14.0. The van der Waals surface area contributed by atoms with Gasteiger partial charge in [-0.05, 0) is 12.0 Å². The third kappa shape index (κ3) is 6.11. The van der Waals surface area contributed by atoms with Gasteiger partial charge in [0.05, 0.1) is 6.54 Å². The molecular weight excluding hydrogens is 381 g/mol. The fourth-order valence-electron chi connectivity index (χ4n) is 1.77. The summed E-state index contributed by atoms with van der Waals surface area (Å²) >= 11 is 0. The number of halogens is 1. The molecule has 1 aromatic carbocycles. The van der Waals surface area contributed by atoms with Crippen molar-refractivity contribution in [3.63, 3.8) is 0 Å². The molecule has 0 unspecified atom stereocenters. The summed E-state index contributed by atoms with van der Waals surface area (Å²) < 4.78 is 4.91. The molecule has 0 aliphatic rings. The first kappa shape index (κ1) is 17.4. The van der Waals surface area contributed by atoms with E-state index in [2.05, 4.69) is 37.9 Å². The van der Waals surface area contributed by atoms with Gasteiger partial charge in [0.15, 0.2) is 11.8 Å². The van der Waals surface area contributed by atoms with Crippen LogP contribution in [-0.2, 0) is 13.0 Å². The van der Waals surface area contributed by atoms with E-state index in [1.165, 1.54) is 5.56 Å². The third-order valence-corrected chi connectivity index (χ3v) is 2.76. The molecule has 0 radical (unpaired) electrons. The Kier molecular flexibility index (Phi) is 7.73. The molecule has 1 aromatic heterocycles. The SMILES string of the molecule is CN=C(NCCc1ccccc1)NCc1noc(C)n1.I. The standard InChI is InChI=1S/C14H19N5O.HI/c1-11-18-13(19-20-11)10-17-14(15-2)16-9-8-12-6-4-3-5-7-12;/h3-7H,8-10H2,1-2H3,(H2,15,16,17);1H. The normalized spacial score (nSPS) is 10.9. The Morgan fingerprint density at radius 2 is 2.00 bits per heavy atom. The summed E-state index contributed by atoms with van der Waals surface area (Å²) in [5.41, 5.74) is 1.30. The summed E-state index contributed by atoms with van der Waals surface area (Å²) in [5, 5.41) is 10.2. The number of hydrogen-bond donors (Lipinski definition) is 2. The zero-order valence-corrected chi connectivity index (χ0v) is 14.5. The highest BCUT2D eigenvalue weighted by atomic mass is 127. The van der Waals surface area contributed by atoms with Gasteiger partial charge in [0.2, 0.25) is 5.89 Å². The number of nitrogens with zero attached hydrogens (tertiary/aromatic N) is 3. The van der Waals surface area contributed by atoms with Crippen molar-refractivity contribution in [2.45, 2.75) is 19.9 Å². The maximum absolute atomic E-state index is 4.91. The highest BCUT2D eigenvalue weighted by Gasteiger charge is 2.03. The average molecular weight is 401 g/mol. The molecule has 0 spiro atoms. The van der Waals surface area contributed by atoms with Crippen molar-refractivity contribution in [3.05, 3.63) is 47.6 Å². The molecule has 0 aliphatic heterocycles. The van der Waals surface area contributed by atoms with Gasteiger partial charge >= 0.3 is 0 Å². The largest absolute Gasteiger partial charge is 0.356 e. The molecule has 0 aliphatic carbocycles. The number of benzene rings is 1. The van der Waals surface area contributed by atoms with Gasteiger partial charge in [-0.2, -0.15) is 4.98 Å². The Hall–Kier alpha value is -1.64. The van der Waals surface area contributed by atoms with Crippen molar-refractivity contribution < 1.29 is 4.52 Å². The Morgan fingerprint density at radius 3 is 2.62 bits per heavy atom. The minimum Gasteiger partial charge on any atom is -0.356 e. The molecule has 2 rings (SSSR count). The van der Waals surface area contributed by atoms with Crippen LogP contribution in [-0.4, -0.2) is 29.7 Å². The predicted octanol–water partition coefficient (Wildman–Crippen LogP) is 1.90. The van der Waals surface area contributed by atoms with Crippen LogP contribution in [0.4, 0.5) is 0 Å². The second kappa shape index (κ2) is 9.32. The average Bonchev–Trinajstić information content (AvgIpc) is 2.89. The molecule has 7 heteroatoms. The van der Waals surface area contributed by atoms with Gasteiger partial charge in [0.1, 0.15) is 0 Å². The maximum atomic E-state index is 4.91. The zero-order valence-electron chi connectivity index (χ0n) is 12.2. The van der Waals surface area contributed by atoms with Crippen LogP contribution < -0.4 is 10.6 Å². The van der Waals surface area contributed by atoms with E-state index in [0.717, 1.165) is 18.9 Å². The fourth-order valence-corrected chi connectivity index (χ4v) is 1.77. The van der Waals surface area contributed by atoms with E-state index in [9.17, 15) is 0 Å². The molecule has 1 heterocycles. The summed E-state index contributed by atoms with van der Waals surface area (Å²) in [6.45, 7) is 3.07. The van der Waals surface area contributed by atoms with Crippen molar-refractivity contribution in [2.24, 2.45) is 4.99 Å². The van der Waals surface area contributed by atoms with Crippen molar-refractivity contribution >= 4 is 29.9 Å². The van der Waals surface area contributed by atoms with Gasteiger partial charge < -0.3 is 15.2 Å². The second-order valence-electron chi connectivity index (χ2n) is 4.32. The molecule has 2 N–H and O–H groups in total. The van der Waals surface area contributed by atoms with Crippen molar-refractivity contribution in [1.82, 2.24) is 20.8 Å². The summed E-state index contributed by atoms with van der Waals surface area (Å²) in [7, 11) is 1.74. The van der Waals surface area contributed by atoms with Gasteiger partial charge in [0.25, 0.3) is 0 Å². The first-order chi connectivity index (χ1) is 9.78. The Balaban J connectivity index is 0.00000220. The number of guanidine groups is 1. The number of hydrogen-bond acceptors (Lipinski definition) is 4. The van der Waals surface area contributed by atoms with E-state index in [4.69, 9.17) is 4.52 Å². The lowest BCUT2D eigenvalue weighted by Gasteiger charge is -2.10. The highest BCUT2D eigenvalue weighted by Crippen LogP contribution is 1.98. The Bertz CT molecular complexity index is 556. The molecule has 6 nitrogen and oxygen atoms in total. The lowest BCUT2D eigenvalue weighted by Crippen LogP contribution is -2.38. The monoisotopic (exact) mass is 401 g/mol. The van der Waals surface area contributed by atoms with Crippen LogP contribution >= 0.6 is 24.0 Å². The van der Waals surface area contributed by atoms with E-state index in [1.807, 2.05) is 18.2 Å². The smallest absolute Gasteiger partial charge is 0.223 e. The minimum absolute atomic E-state index is 0. The molecule has 114 valence electrons. The van der Waals surface area contributed by atoms with Gasteiger partial charge in [0, 0.05) is 20.5 Å². The zero-order chi connectivity index (χ0) is 14.2. The molecule has 2 aromatic rings. The van der Waals surface area contributed by atoms with Gasteiger partial charge in [-0.25, -0.2) is 0 Å². The number of nitrogens with one attached hydrogen (secondary N) is 2. The Labute approximate surface area is 141 Å². The molecule has 0 bridgehead atoms. The number of aryl methyl sites for hydroxylation is 1. The van der Waals surface area contributed by atoms with Gasteiger partial charge in [-0.3, -0.25) is 4.99 Å².